The zero-order valence-corrected chi connectivity index (χ0v) is 15.1. The fraction of sp³-hybridized carbons (Fsp3) is 0.350. The van der Waals surface area contributed by atoms with Gasteiger partial charge in [0, 0.05) is 12.6 Å². The average molecular weight is 337 g/mol. The average Bonchev–Trinajstić information content (AvgIpc) is 2.59. The Morgan fingerprint density at radius 2 is 2.04 bits per heavy atom. The van der Waals surface area contributed by atoms with Crippen LogP contribution in [0.1, 0.15) is 36.5 Å². The van der Waals surface area contributed by atoms with Crippen LogP contribution in [0.3, 0.4) is 0 Å². The predicted octanol–water partition coefficient (Wildman–Crippen LogP) is 1.97. The third-order valence-electron chi connectivity index (χ3n) is 4.85. The number of H-pyrrole nitrogens is 1. The minimum Gasteiger partial charge on any atom is -0.508 e. The molecule has 0 spiro atoms. The number of benzene rings is 1. The summed E-state index contributed by atoms with van der Waals surface area (Å²) in [6, 6.07) is 3.77. The molecule has 0 atom stereocenters. The van der Waals surface area contributed by atoms with Crippen LogP contribution in [0.15, 0.2) is 35.7 Å². The molecule has 0 bridgehead atoms. The number of fused-ring (bicyclic) bond motifs is 1. The second-order valence-electron chi connectivity index (χ2n) is 6.48. The number of aromatic nitrogens is 2. The summed E-state index contributed by atoms with van der Waals surface area (Å²) in [4.78, 5) is 12.1. The number of nitrogens with zero attached hydrogens (tertiary/aromatic N) is 2. The maximum atomic E-state index is 9.79. The molecule has 2 heterocycles. The number of rotatable bonds is 4. The van der Waals surface area contributed by atoms with Crippen LogP contribution < -0.4 is 21.0 Å². The van der Waals surface area contributed by atoms with Gasteiger partial charge in [-0.2, -0.15) is 0 Å². The maximum Gasteiger partial charge on any atom is 0.242 e. The zero-order valence-electron chi connectivity index (χ0n) is 15.1. The van der Waals surface area contributed by atoms with E-state index in [9.17, 15) is 5.11 Å². The van der Waals surface area contributed by atoms with Crippen molar-refractivity contribution in [3.05, 3.63) is 58.1 Å². The van der Waals surface area contributed by atoms with E-state index in [2.05, 4.69) is 40.2 Å². The summed E-state index contributed by atoms with van der Waals surface area (Å²) in [6.07, 6.45) is 8.48. The van der Waals surface area contributed by atoms with E-state index < -0.39 is 0 Å². The first-order chi connectivity index (χ1) is 12.1. The first kappa shape index (κ1) is 17.1. The van der Waals surface area contributed by atoms with Crippen molar-refractivity contribution >= 4 is 11.4 Å². The van der Waals surface area contributed by atoms with E-state index in [0.717, 1.165) is 53.5 Å². The van der Waals surface area contributed by atoms with Crippen molar-refractivity contribution in [2.75, 3.05) is 11.9 Å². The molecule has 0 unspecified atom stereocenters. The van der Waals surface area contributed by atoms with Crippen LogP contribution in [0.25, 0.3) is 5.57 Å². The van der Waals surface area contributed by atoms with Crippen molar-refractivity contribution in [2.24, 2.45) is 4.99 Å². The van der Waals surface area contributed by atoms with E-state index in [1.54, 1.807) is 12.4 Å². The molecular weight excluding hydrogens is 312 g/mol. The number of allylic oxidation sites excluding steroid dienone is 1. The molecule has 25 heavy (non-hydrogen) atoms. The van der Waals surface area contributed by atoms with Crippen molar-refractivity contribution in [2.45, 2.75) is 40.0 Å². The Morgan fingerprint density at radius 3 is 2.88 bits per heavy atom. The van der Waals surface area contributed by atoms with Crippen molar-refractivity contribution in [1.82, 2.24) is 4.98 Å². The van der Waals surface area contributed by atoms with Gasteiger partial charge in [-0.25, -0.2) is 9.98 Å². The maximum absolute atomic E-state index is 9.79. The Hall–Kier alpha value is -2.69. The van der Waals surface area contributed by atoms with Crippen molar-refractivity contribution in [3.8, 4) is 5.75 Å². The molecule has 5 heteroatoms. The Bertz CT molecular complexity index is 931. The second-order valence-corrected chi connectivity index (χ2v) is 6.48. The third kappa shape index (κ3) is 3.71. The summed E-state index contributed by atoms with van der Waals surface area (Å²) in [5, 5.41) is 14.4. The highest BCUT2D eigenvalue weighted by Crippen LogP contribution is 2.22. The van der Waals surface area contributed by atoms with Gasteiger partial charge in [0.2, 0.25) is 17.6 Å². The van der Waals surface area contributed by atoms with Crippen LogP contribution in [0.2, 0.25) is 0 Å². The molecule has 3 N–H and O–H groups in total. The Kier molecular flexibility index (Phi) is 5.12. The molecule has 0 radical (unpaired) electrons. The fourth-order valence-corrected chi connectivity index (χ4v) is 3.13. The standard InChI is InChI=1S/C20H24N4O/c1-13-6-4-5-10-21-19-18(13)20(24-12-23-19)22-11-9-16-7-8-17(25)15(3)14(16)2/h5,7-8,10,12,25H,4,6,9,11H2,1-3H3,(H,21,22,23,24)/p+1. The largest absolute Gasteiger partial charge is 0.508 e. The topological polar surface area (TPSA) is 71.7 Å². The number of nitrogens with one attached hydrogen (secondary N) is 2. The fourth-order valence-electron chi connectivity index (χ4n) is 3.13. The third-order valence-corrected chi connectivity index (χ3v) is 4.85. The van der Waals surface area contributed by atoms with Crippen LogP contribution in [-0.4, -0.2) is 16.6 Å². The van der Waals surface area contributed by atoms with E-state index in [4.69, 9.17) is 0 Å². The molecule has 0 amide bonds. The van der Waals surface area contributed by atoms with Gasteiger partial charge in [-0.3, -0.25) is 0 Å². The quantitative estimate of drug-likeness (QED) is 0.896. The minimum atomic E-state index is 0.359. The monoisotopic (exact) mass is 337 g/mol. The summed E-state index contributed by atoms with van der Waals surface area (Å²) in [5.74, 6) is 1.33. The SMILES string of the molecule is CC1=c2c(NCCc3ccc(O)c(C)c3C)[nH+]cnc2=NC=CCC1. The highest BCUT2D eigenvalue weighted by Gasteiger charge is 2.11. The van der Waals surface area contributed by atoms with Gasteiger partial charge >= 0.3 is 0 Å². The molecule has 1 aromatic heterocycles. The highest BCUT2D eigenvalue weighted by atomic mass is 16.3. The molecule has 130 valence electrons. The number of hydrogen-bond acceptors (Lipinski definition) is 4. The van der Waals surface area contributed by atoms with E-state index in [-0.39, 0.29) is 0 Å². The van der Waals surface area contributed by atoms with E-state index in [1.165, 1.54) is 11.1 Å². The number of hydrogen-bond donors (Lipinski definition) is 2. The number of aromatic hydroxyl groups is 1. The smallest absolute Gasteiger partial charge is 0.242 e. The van der Waals surface area contributed by atoms with E-state index >= 15 is 0 Å². The molecule has 0 aliphatic carbocycles. The van der Waals surface area contributed by atoms with Crippen molar-refractivity contribution < 1.29 is 10.1 Å². The molecule has 0 saturated carbocycles. The van der Waals surface area contributed by atoms with Crippen LogP contribution in [0.4, 0.5) is 5.82 Å². The molecule has 5 nitrogen and oxygen atoms in total. The molecule has 0 saturated heterocycles. The highest BCUT2D eigenvalue weighted by molar-refractivity contribution is 5.49. The second kappa shape index (κ2) is 7.47. The lowest BCUT2D eigenvalue weighted by atomic mass is 10.00. The number of aromatic amines is 1. The Morgan fingerprint density at radius 1 is 1.20 bits per heavy atom. The van der Waals surface area contributed by atoms with Crippen LogP contribution in [0, 0.1) is 13.8 Å². The molecular formula is C20H25N4O+. The van der Waals surface area contributed by atoms with Gasteiger partial charge in [-0.15, -0.1) is 0 Å². The number of phenolic OH excluding ortho intramolecular Hbond substituents is 1. The van der Waals surface area contributed by atoms with Crippen molar-refractivity contribution in [3.63, 3.8) is 0 Å². The van der Waals surface area contributed by atoms with Crippen LogP contribution in [-0.2, 0) is 6.42 Å². The predicted molar refractivity (Wildman–Crippen MR) is 98.8 cm³/mol. The molecule has 1 aromatic carbocycles. The molecule has 3 rings (SSSR count). The van der Waals surface area contributed by atoms with Gasteiger partial charge in [0.15, 0.2) is 0 Å². The number of phenols is 1. The van der Waals surface area contributed by atoms with E-state index in [0.29, 0.717) is 5.75 Å². The molecule has 0 fully saturated rings. The first-order valence-electron chi connectivity index (χ1n) is 8.69. The van der Waals surface area contributed by atoms with Crippen LogP contribution in [0.5, 0.6) is 5.75 Å². The van der Waals surface area contributed by atoms with Gasteiger partial charge < -0.3 is 10.4 Å². The zero-order chi connectivity index (χ0) is 17.8. The summed E-state index contributed by atoms with van der Waals surface area (Å²) < 4.78 is 0. The Labute approximate surface area is 147 Å². The van der Waals surface area contributed by atoms with Gasteiger partial charge in [-0.05, 0) is 56.4 Å². The lowest BCUT2D eigenvalue weighted by Gasteiger charge is -2.10. The molecule has 1 aliphatic rings. The molecule has 1 aliphatic heterocycles. The van der Waals surface area contributed by atoms with Gasteiger partial charge in [0.1, 0.15) is 11.0 Å². The number of anilines is 1. The van der Waals surface area contributed by atoms with Gasteiger partial charge in [-0.1, -0.05) is 22.7 Å². The van der Waals surface area contributed by atoms with E-state index in [1.807, 2.05) is 19.2 Å². The normalized spacial score (nSPS) is 13.6. The summed E-state index contributed by atoms with van der Waals surface area (Å²) in [5.41, 5.74) is 5.39. The lowest BCUT2D eigenvalue weighted by Crippen LogP contribution is -2.39. The summed E-state index contributed by atoms with van der Waals surface area (Å²) in [6.45, 7) is 6.94. The van der Waals surface area contributed by atoms with Gasteiger partial charge in [0.05, 0.1) is 6.54 Å². The molecule has 2 aromatic rings. The van der Waals surface area contributed by atoms with Gasteiger partial charge in [0.25, 0.3) is 0 Å². The summed E-state index contributed by atoms with van der Waals surface area (Å²) >= 11 is 0. The Balaban J connectivity index is 1.84. The van der Waals surface area contributed by atoms with Crippen molar-refractivity contribution in [1.29, 1.82) is 0 Å². The lowest BCUT2D eigenvalue weighted by molar-refractivity contribution is -0.367. The minimum absolute atomic E-state index is 0.359. The van der Waals surface area contributed by atoms with Crippen LogP contribution >= 0.6 is 0 Å². The first-order valence-corrected chi connectivity index (χ1v) is 8.69. The summed E-state index contributed by atoms with van der Waals surface area (Å²) in [7, 11) is 0.